The summed E-state index contributed by atoms with van der Waals surface area (Å²) in [6.45, 7) is 2.61. The van der Waals surface area contributed by atoms with Crippen molar-refractivity contribution in [1.82, 2.24) is 5.32 Å². The van der Waals surface area contributed by atoms with E-state index in [1.807, 2.05) is 42.5 Å². The van der Waals surface area contributed by atoms with E-state index in [2.05, 4.69) is 115 Å². The van der Waals surface area contributed by atoms with Crippen LogP contribution < -0.4 is 5.32 Å². The molecule has 0 saturated carbocycles. The summed E-state index contributed by atoms with van der Waals surface area (Å²) in [6.07, 6.45) is 0.975. The van der Waals surface area contributed by atoms with E-state index in [9.17, 15) is 4.79 Å². The molecule has 5 nitrogen and oxygen atoms in total. The van der Waals surface area contributed by atoms with Crippen LogP contribution in [0.2, 0.25) is 0 Å². The lowest BCUT2D eigenvalue weighted by Gasteiger charge is -2.36. The molecule has 6 aromatic rings. The molecule has 1 N–H and O–H groups in total. The van der Waals surface area contributed by atoms with Crippen molar-refractivity contribution in [2.24, 2.45) is 0 Å². The van der Waals surface area contributed by atoms with Gasteiger partial charge < -0.3 is 19.5 Å². The fourth-order valence-electron chi connectivity index (χ4n) is 7.13. The first-order chi connectivity index (χ1) is 24.2. The fourth-order valence-corrected chi connectivity index (χ4v) is 7.13. The first kappa shape index (κ1) is 32.5. The Morgan fingerprint density at radius 1 is 0.714 bits per heavy atom. The molecule has 49 heavy (non-hydrogen) atoms. The van der Waals surface area contributed by atoms with Gasteiger partial charge in [-0.2, -0.15) is 0 Å². The van der Waals surface area contributed by atoms with Gasteiger partial charge in [0.1, 0.15) is 5.60 Å². The number of ether oxygens (including phenoxy) is 3. The van der Waals surface area contributed by atoms with E-state index in [0.717, 1.165) is 58.1 Å². The minimum absolute atomic E-state index is 0.00948. The van der Waals surface area contributed by atoms with Crippen LogP contribution in [0.5, 0.6) is 0 Å². The number of nitrogens with one attached hydrogen (secondary N) is 1. The molecule has 0 radical (unpaired) electrons. The highest BCUT2D eigenvalue weighted by atomic mass is 16.5. The molecule has 6 aromatic carbocycles. The second-order valence-electron chi connectivity index (χ2n) is 12.6. The molecule has 1 aliphatic rings. The molecule has 2 unspecified atom stereocenters. The van der Waals surface area contributed by atoms with Gasteiger partial charge in [-0.3, -0.25) is 0 Å². The zero-order valence-corrected chi connectivity index (χ0v) is 27.8. The van der Waals surface area contributed by atoms with Gasteiger partial charge in [-0.15, -0.1) is 0 Å². The third-order valence-corrected chi connectivity index (χ3v) is 9.67. The first-order valence-corrected chi connectivity index (χ1v) is 17.0. The Labute approximate surface area is 288 Å². The molecule has 2 atom stereocenters. The van der Waals surface area contributed by atoms with Crippen LogP contribution in [-0.4, -0.2) is 32.3 Å². The summed E-state index contributed by atoms with van der Waals surface area (Å²) in [4.78, 5) is 12.0. The summed E-state index contributed by atoms with van der Waals surface area (Å²) in [5.41, 5.74) is 6.41. The van der Waals surface area contributed by atoms with E-state index in [-0.39, 0.29) is 18.0 Å². The fraction of sp³-hybridized carbons (Fsp3) is 0.205. The summed E-state index contributed by atoms with van der Waals surface area (Å²) in [5.74, 6) is -0.0870. The summed E-state index contributed by atoms with van der Waals surface area (Å²) < 4.78 is 18.7. The quantitative estimate of drug-likeness (QED) is 0.113. The molecule has 0 amide bonds. The average molecular weight is 648 g/mol. The van der Waals surface area contributed by atoms with Gasteiger partial charge in [0.2, 0.25) is 0 Å². The second-order valence-corrected chi connectivity index (χ2v) is 12.6. The maximum Gasteiger partial charge on any atom is 0.337 e. The molecular formula is C44H41NO4. The zero-order chi connectivity index (χ0) is 33.5. The summed E-state index contributed by atoms with van der Waals surface area (Å²) >= 11 is 0. The predicted octanol–water partition coefficient (Wildman–Crippen LogP) is 8.80. The van der Waals surface area contributed by atoms with Gasteiger partial charge in [-0.05, 0) is 75.3 Å². The smallest absolute Gasteiger partial charge is 0.337 e. The van der Waals surface area contributed by atoms with Crippen molar-refractivity contribution in [3.8, 4) is 0 Å². The van der Waals surface area contributed by atoms with Gasteiger partial charge in [0.15, 0.2) is 0 Å². The second kappa shape index (κ2) is 15.0. The lowest BCUT2D eigenvalue weighted by molar-refractivity contribution is 0.000771. The van der Waals surface area contributed by atoms with Gasteiger partial charge in [-0.1, -0.05) is 133 Å². The van der Waals surface area contributed by atoms with Crippen LogP contribution in [0, 0.1) is 0 Å². The Kier molecular flexibility index (Phi) is 9.94. The number of fused-ring (bicyclic) bond motifs is 1. The van der Waals surface area contributed by atoms with Crippen molar-refractivity contribution in [2.75, 3.05) is 20.2 Å². The number of hydrogen-bond acceptors (Lipinski definition) is 5. The molecule has 0 spiro atoms. The maximum absolute atomic E-state index is 12.0. The number of carbonyl (C=O) groups excluding carboxylic acids is 1. The van der Waals surface area contributed by atoms with Gasteiger partial charge in [0, 0.05) is 12.5 Å². The lowest BCUT2D eigenvalue weighted by Crippen LogP contribution is -2.41. The summed E-state index contributed by atoms with van der Waals surface area (Å²) in [5, 5.41) is 5.82. The molecule has 246 valence electrons. The Morgan fingerprint density at radius 2 is 1.35 bits per heavy atom. The number of methoxy groups -OCH3 is 1. The van der Waals surface area contributed by atoms with Crippen LogP contribution in [0.4, 0.5) is 0 Å². The number of esters is 1. The maximum atomic E-state index is 12.0. The minimum Gasteiger partial charge on any atom is -0.465 e. The van der Waals surface area contributed by atoms with Gasteiger partial charge in [-0.25, -0.2) is 4.79 Å². The molecule has 0 aliphatic carbocycles. The molecule has 5 heteroatoms. The summed E-state index contributed by atoms with van der Waals surface area (Å²) in [6, 6.07) is 52.3. The van der Waals surface area contributed by atoms with Crippen LogP contribution >= 0.6 is 0 Å². The standard InChI is InChI=1S/C44H41NO4/c1-47-43(46)35-24-22-34(23-25-35)40-26-27-45-29-42(40)48-30-32-20-21-33-12-11-13-36(41(33)28-32)31-49-44(37-14-5-2-6-15-37,38-16-7-3-8-17-38)39-18-9-4-10-19-39/h2-25,28,40,42,45H,26-27,29-31H2,1H3. The van der Waals surface area contributed by atoms with Crippen LogP contribution in [0.3, 0.4) is 0 Å². The third kappa shape index (κ3) is 6.92. The molecule has 1 saturated heterocycles. The van der Waals surface area contributed by atoms with E-state index < -0.39 is 5.60 Å². The topological polar surface area (TPSA) is 56.8 Å². The van der Waals surface area contributed by atoms with E-state index in [1.165, 1.54) is 12.7 Å². The number of benzene rings is 6. The van der Waals surface area contributed by atoms with Crippen molar-refractivity contribution in [1.29, 1.82) is 0 Å². The van der Waals surface area contributed by atoms with Gasteiger partial charge >= 0.3 is 5.97 Å². The van der Waals surface area contributed by atoms with Crippen LogP contribution in [0.1, 0.15) is 56.1 Å². The number of rotatable bonds is 11. The Morgan fingerprint density at radius 3 is 1.96 bits per heavy atom. The van der Waals surface area contributed by atoms with Crippen LogP contribution in [-0.2, 0) is 33.0 Å². The average Bonchev–Trinajstić information content (AvgIpc) is 3.18. The highest BCUT2D eigenvalue weighted by Crippen LogP contribution is 2.41. The third-order valence-electron chi connectivity index (χ3n) is 9.67. The van der Waals surface area contributed by atoms with Gasteiger partial charge in [0.05, 0.1) is 32.0 Å². The van der Waals surface area contributed by atoms with Crippen LogP contribution in [0.15, 0.2) is 152 Å². The lowest BCUT2D eigenvalue weighted by atomic mass is 9.80. The van der Waals surface area contributed by atoms with E-state index in [4.69, 9.17) is 14.2 Å². The SMILES string of the molecule is COC(=O)c1ccc(C2CCNCC2OCc2ccc3cccc(COC(c4ccccc4)(c4ccccc4)c4ccccc4)c3c2)cc1. The van der Waals surface area contributed by atoms with Crippen molar-refractivity contribution in [3.05, 3.63) is 191 Å². The molecule has 7 rings (SSSR count). The first-order valence-electron chi connectivity index (χ1n) is 17.0. The van der Waals surface area contributed by atoms with E-state index in [1.54, 1.807) is 0 Å². The van der Waals surface area contributed by atoms with Crippen molar-refractivity contribution in [2.45, 2.75) is 37.3 Å². The highest BCUT2D eigenvalue weighted by Gasteiger charge is 2.37. The summed E-state index contributed by atoms with van der Waals surface area (Å²) in [7, 11) is 1.41. The van der Waals surface area contributed by atoms with Crippen molar-refractivity contribution in [3.63, 3.8) is 0 Å². The molecular weight excluding hydrogens is 606 g/mol. The molecule has 1 fully saturated rings. The highest BCUT2D eigenvalue weighted by molar-refractivity contribution is 5.89. The monoisotopic (exact) mass is 647 g/mol. The minimum atomic E-state index is -0.801. The molecule has 1 heterocycles. The largest absolute Gasteiger partial charge is 0.465 e. The number of piperidine rings is 1. The number of carbonyl (C=O) groups is 1. The Balaban J connectivity index is 1.16. The Hall–Kier alpha value is -5.07. The van der Waals surface area contributed by atoms with Crippen LogP contribution in [0.25, 0.3) is 10.8 Å². The van der Waals surface area contributed by atoms with Crippen molar-refractivity contribution >= 4 is 16.7 Å². The molecule has 0 bridgehead atoms. The van der Waals surface area contributed by atoms with Gasteiger partial charge in [0.25, 0.3) is 0 Å². The Bertz CT molecular complexity index is 1880. The normalized spacial score (nSPS) is 16.3. The zero-order valence-electron chi connectivity index (χ0n) is 27.8. The van der Waals surface area contributed by atoms with E-state index >= 15 is 0 Å². The molecule has 0 aromatic heterocycles. The van der Waals surface area contributed by atoms with E-state index in [0.29, 0.717) is 18.8 Å². The number of hydrogen-bond donors (Lipinski definition) is 1. The predicted molar refractivity (Wildman–Crippen MR) is 195 cm³/mol. The molecule has 1 aliphatic heterocycles. The van der Waals surface area contributed by atoms with Crippen molar-refractivity contribution < 1.29 is 19.0 Å².